The first-order valence-corrected chi connectivity index (χ1v) is 8.61. The minimum atomic E-state index is -0.556. The van der Waals surface area contributed by atoms with Crippen molar-refractivity contribution < 1.29 is 14.3 Å². The zero-order chi connectivity index (χ0) is 17.7. The zero-order valence-electron chi connectivity index (χ0n) is 14.2. The monoisotopic (exact) mass is 347 g/mol. The summed E-state index contributed by atoms with van der Waals surface area (Å²) in [5, 5.41) is 3.26. The van der Waals surface area contributed by atoms with Crippen LogP contribution in [0.25, 0.3) is 0 Å². The molecule has 6 nitrogen and oxygen atoms in total. The Balaban J connectivity index is 2.05. The van der Waals surface area contributed by atoms with Gasteiger partial charge in [0.2, 0.25) is 0 Å². The molecule has 0 spiro atoms. The van der Waals surface area contributed by atoms with Gasteiger partial charge in [-0.25, -0.2) is 0 Å². The van der Waals surface area contributed by atoms with Gasteiger partial charge in [0, 0.05) is 11.3 Å². The van der Waals surface area contributed by atoms with Crippen LogP contribution in [-0.2, 0) is 21.6 Å². The molecule has 1 aromatic rings. The number of ether oxygens (including phenoxy) is 1. The second-order valence-electron chi connectivity index (χ2n) is 7.11. The molecular weight excluding hydrogens is 326 g/mol. The molecule has 3 rings (SSSR count). The molecule has 0 unspecified atom stereocenters. The number of thiophene rings is 1. The number of anilines is 1. The third-order valence-electron chi connectivity index (χ3n) is 4.04. The lowest BCUT2D eigenvalue weighted by atomic mass is 9.86. The third kappa shape index (κ3) is 2.89. The third-order valence-corrected chi connectivity index (χ3v) is 5.49. The molecule has 24 heavy (non-hydrogen) atoms. The van der Waals surface area contributed by atoms with E-state index in [0.717, 1.165) is 10.4 Å². The molecule has 0 saturated heterocycles. The van der Waals surface area contributed by atoms with Gasteiger partial charge in [-0.15, -0.1) is 11.3 Å². The Morgan fingerprint density at radius 3 is 2.62 bits per heavy atom. The predicted molar refractivity (Wildman–Crippen MR) is 94.8 cm³/mol. The first-order chi connectivity index (χ1) is 11.1. The van der Waals surface area contributed by atoms with Gasteiger partial charge in [0.1, 0.15) is 10.7 Å². The molecule has 2 amide bonds. The topological polar surface area (TPSA) is 93.8 Å². The molecule has 3 N–H and O–H groups in total. The van der Waals surface area contributed by atoms with E-state index in [9.17, 15) is 9.59 Å². The fourth-order valence-corrected chi connectivity index (χ4v) is 4.61. The predicted octanol–water partition coefficient (Wildman–Crippen LogP) is 2.38. The Labute approximate surface area is 144 Å². The number of rotatable bonds is 3. The number of amides is 2. The van der Waals surface area contributed by atoms with Crippen LogP contribution >= 0.6 is 11.3 Å². The highest BCUT2D eigenvalue weighted by molar-refractivity contribution is 7.17. The summed E-state index contributed by atoms with van der Waals surface area (Å²) in [6.45, 7) is 8.39. The molecule has 128 valence electrons. The van der Waals surface area contributed by atoms with Crippen molar-refractivity contribution in [2.24, 2.45) is 10.7 Å². The first-order valence-electron chi connectivity index (χ1n) is 7.79. The van der Waals surface area contributed by atoms with Gasteiger partial charge in [-0.1, -0.05) is 6.08 Å². The van der Waals surface area contributed by atoms with Crippen LogP contribution in [-0.4, -0.2) is 29.7 Å². The zero-order valence-corrected chi connectivity index (χ0v) is 15.0. The highest BCUT2D eigenvalue weighted by atomic mass is 32.1. The molecule has 3 heterocycles. The van der Waals surface area contributed by atoms with E-state index in [4.69, 9.17) is 10.5 Å². The maximum absolute atomic E-state index is 12.3. The molecule has 1 aromatic heterocycles. The van der Waals surface area contributed by atoms with Crippen molar-refractivity contribution in [2.75, 3.05) is 11.9 Å². The van der Waals surface area contributed by atoms with Crippen molar-refractivity contribution in [3.8, 4) is 0 Å². The van der Waals surface area contributed by atoms with Crippen LogP contribution in [0.15, 0.2) is 17.1 Å². The molecule has 0 atom stereocenters. The number of nitrogens with one attached hydrogen (secondary N) is 1. The fourth-order valence-electron chi connectivity index (χ4n) is 3.35. The summed E-state index contributed by atoms with van der Waals surface area (Å²) in [5.41, 5.74) is 6.26. The second kappa shape index (κ2) is 5.53. The summed E-state index contributed by atoms with van der Waals surface area (Å²) < 4.78 is 6.15. The molecule has 0 bridgehead atoms. The number of aliphatic imine (C=N–C) groups is 1. The molecule has 7 heteroatoms. The molecule has 0 aliphatic carbocycles. The van der Waals surface area contributed by atoms with Gasteiger partial charge in [0.15, 0.2) is 0 Å². The Morgan fingerprint density at radius 2 is 2.04 bits per heavy atom. The maximum atomic E-state index is 12.3. The summed E-state index contributed by atoms with van der Waals surface area (Å²) in [6.07, 6.45) is 4.04. The molecule has 0 aromatic carbocycles. The van der Waals surface area contributed by atoms with E-state index in [2.05, 4.69) is 10.3 Å². The van der Waals surface area contributed by atoms with Crippen LogP contribution in [0, 0.1) is 0 Å². The van der Waals surface area contributed by atoms with Gasteiger partial charge in [0.05, 0.1) is 23.3 Å². The number of carbonyl (C=O) groups excluding carboxylic acids is 2. The van der Waals surface area contributed by atoms with E-state index in [-0.39, 0.29) is 5.91 Å². The summed E-state index contributed by atoms with van der Waals surface area (Å²) in [7, 11) is 0. The van der Waals surface area contributed by atoms with Crippen LogP contribution in [0.2, 0.25) is 0 Å². The number of hydrogen-bond acceptors (Lipinski definition) is 5. The largest absolute Gasteiger partial charge is 0.365 e. The van der Waals surface area contributed by atoms with Gasteiger partial charge in [0.25, 0.3) is 11.8 Å². The number of primary amides is 1. The van der Waals surface area contributed by atoms with Crippen LogP contribution in [0.3, 0.4) is 0 Å². The lowest BCUT2D eigenvalue weighted by molar-refractivity contribution is -0.135. The Hall–Kier alpha value is -1.99. The number of fused-ring (bicyclic) bond motifs is 1. The summed E-state index contributed by atoms with van der Waals surface area (Å²) in [4.78, 5) is 29.4. The maximum Gasteiger partial charge on any atom is 0.274 e. The Kier molecular flexibility index (Phi) is 3.88. The smallest absolute Gasteiger partial charge is 0.274 e. The van der Waals surface area contributed by atoms with Crippen LogP contribution in [0.4, 0.5) is 5.00 Å². The van der Waals surface area contributed by atoms with Crippen molar-refractivity contribution in [3.05, 3.63) is 28.2 Å². The average molecular weight is 347 g/mol. The molecule has 0 radical (unpaired) electrons. The first kappa shape index (κ1) is 16.9. The lowest BCUT2D eigenvalue weighted by Crippen LogP contribution is -2.42. The van der Waals surface area contributed by atoms with Gasteiger partial charge >= 0.3 is 0 Å². The van der Waals surface area contributed by atoms with Crippen molar-refractivity contribution in [2.45, 2.75) is 45.3 Å². The molecule has 2 aliphatic heterocycles. The van der Waals surface area contributed by atoms with Crippen LogP contribution in [0.5, 0.6) is 0 Å². The van der Waals surface area contributed by atoms with E-state index in [1.165, 1.54) is 11.3 Å². The lowest BCUT2D eigenvalue weighted by Gasteiger charge is -2.41. The Morgan fingerprint density at radius 1 is 1.33 bits per heavy atom. The van der Waals surface area contributed by atoms with E-state index in [1.54, 1.807) is 6.08 Å². The minimum Gasteiger partial charge on any atom is -0.365 e. The highest BCUT2D eigenvalue weighted by Crippen LogP contribution is 2.48. The minimum absolute atomic E-state index is 0.331. The van der Waals surface area contributed by atoms with Crippen molar-refractivity contribution in [1.29, 1.82) is 0 Å². The van der Waals surface area contributed by atoms with E-state index in [1.807, 2.05) is 33.8 Å². The quantitative estimate of drug-likeness (QED) is 0.879. The normalized spacial score (nSPS) is 20.4. The van der Waals surface area contributed by atoms with Crippen molar-refractivity contribution >= 4 is 33.9 Å². The molecule has 0 fully saturated rings. The fraction of sp³-hybridized carbons (Fsp3) is 0.471. The standard InChI is InChI=1S/C17H21N3O3S/c1-16(2)8-9-11(13(18)21)15(24-12(9)17(3,4)23-16)20-14(22)10-6-5-7-19-10/h5-6H,7-8H2,1-4H3,(H2,18,21)(H,20,22). The van der Waals surface area contributed by atoms with E-state index >= 15 is 0 Å². The van der Waals surface area contributed by atoms with Crippen LogP contribution < -0.4 is 11.1 Å². The van der Waals surface area contributed by atoms with Gasteiger partial charge < -0.3 is 15.8 Å². The van der Waals surface area contributed by atoms with Gasteiger partial charge in [-0.3, -0.25) is 14.6 Å². The average Bonchev–Trinajstić information content (AvgIpc) is 3.03. The summed E-state index contributed by atoms with van der Waals surface area (Å²) >= 11 is 1.35. The number of nitrogens with zero attached hydrogens (tertiary/aromatic N) is 1. The molecule has 0 saturated carbocycles. The summed E-state index contributed by atoms with van der Waals surface area (Å²) in [6, 6.07) is 0. The van der Waals surface area contributed by atoms with Gasteiger partial charge in [-0.2, -0.15) is 0 Å². The Bertz CT molecular complexity index is 787. The van der Waals surface area contributed by atoms with E-state index < -0.39 is 17.1 Å². The molecule has 2 aliphatic rings. The van der Waals surface area contributed by atoms with E-state index in [0.29, 0.717) is 29.2 Å². The molecular formula is C17H21N3O3S. The van der Waals surface area contributed by atoms with Crippen molar-refractivity contribution in [1.82, 2.24) is 0 Å². The SMILES string of the molecule is CC1(C)Cc2c(sc(NC(=O)C3=NCC=C3)c2C(N)=O)C(C)(C)O1. The number of nitrogens with two attached hydrogens (primary N) is 1. The number of carbonyl (C=O) groups is 2. The second-order valence-corrected chi connectivity index (χ2v) is 8.13. The van der Waals surface area contributed by atoms with Gasteiger partial charge in [-0.05, 0) is 39.3 Å². The number of hydrogen-bond donors (Lipinski definition) is 2. The highest BCUT2D eigenvalue weighted by Gasteiger charge is 2.42. The summed E-state index contributed by atoms with van der Waals surface area (Å²) in [5.74, 6) is -0.872. The van der Waals surface area contributed by atoms with Crippen molar-refractivity contribution in [3.63, 3.8) is 0 Å². The van der Waals surface area contributed by atoms with Crippen LogP contribution in [0.1, 0.15) is 48.5 Å².